The van der Waals surface area contributed by atoms with E-state index in [1.807, 2.05) is 12.1 Å². The maximum atomic E-state index is 11.4. The number of hydrogen-bond acceptors (Lipinski definition) is 1. The average molecular weight is 394 g/mol. The minimum atomic E-state index is -0.0545. The monoisotopic (exact) mass is 393 g/mol. The van der Waals surface area contributed by atoms with Gasteiger partial charge >= 0.3 is 0 Å². The number of carbonyl (C=O) groups is 1. The lowest BCUT2D eigenvalue weighted by molar-refractivity contribution is -0.114. The minimum absolute atomic E-state index is 0.0545. The van der Waals surface area contributed by atoms with Crippen LogP contribution >= 0.6 is 0 Å². The SMILES string of the molecule is CC(=O)Nc1ccc(/C(=C(/CCC2C=CC=C2)C2C=CC=C2)c2ccccc2)cc1. The van der Waals surface area contributed by atoms with Crippen LogP contribution in [0.4, 0.5) is 5.69 Å². The average Bonchev–Trinajstić information content (AvgIpc) is 3.47. The van der Waals surface area contributed by atoms with Crippen LogP contribution in [-0.2, 0) is 4.79 Å². The van der Waals surface area contributed by atoms with E-state index >= 15 is 0 Å². The molecule has 0 saturated carbocycles. The standard InChI is InChI=1S/C28H27NO/c1-21(30)29-26-18-16-25(17-19-26)28(24-13-3-2-4-14-24)27(23-11-7-8-12-23)20-15-22-9-5-6-10-22/h2-14,16-19,22-23H,15,20H2,1H3,(H,29,30)/b28-27-. The van der Waals surface area contributed by atoms with Crippen LogP contribution in [0.1, 0.15) is 30.9 Å². The second kappa shape index (κ2) is 9.41. The van der Waals surface area contributed by atoms with Crippen molar-refractivity contribution in [1.29, 1.82) is 0 Å². The van der Waals surface area contributed by atoms with Crippen molar-refractivity contribution in [3.05, 3.63) is 120 Å². The van der Waals surface area contributed by atoms with Crippen molar-refractivity contribution < 1.29 is 4.79 Å². The highest BCUT2D eigenvalue weighted by Crippen LogP contribution is 2.37. The Morgan fingerprint density at radius 2 is 1.40 bits per heavy atom. The third-order valence-corrected chi connectivity index (χ3v) is 5.60. The van der Waals surface area contributed by atoms with Gasteiger partial charge in [0.25, 0.3) is 0 Å². The Morgan fingerprint density at radius 3 is 2.03 bits per heavy atom. The lowest BCUT2D eigenvalue weighted by Gasteiger charge is -2.21. The van der Waals surface area contributed by atoms with Crippen LogP contribution in [0.3, 0.4) is 0 Å². The summed E-state index contributed by atoms with van der Waals surface area (Å²) in [5.41, 5.74) is 5.95. The zero-order valence-electron chi connectivity index (χ0n) is 17.3. The molecule has 0 saturated heterocycles. The lowest BCUT2D eigenvalue weighted by Crippen LogP contribution is -2.06. The molecule has 1 amide bonds. The minimum Gasteiger partial charge on any atom is -0.326 e. The summed E-state index contributed by atoms with van der Waals surface area (Å²) in [4.78, 5) is 11.4. The van der Waals surface area contributed by atoms with Crippen LogP contribution in [0.15, 0.2) is 109 Å². The van der Waals surface area contributed by atoms with E-state index in [1.54, 1.807) is 0 Å². The molecule has 4 rings (SSSR count). The maximum absolute atomic E-state index is 11.4. The Labute approximate surface area is 179 Å². The van der Waals surface area contributed by atoms with Gasteiger partial charge in [0, 0.05) is 18.5 Å². The van der Waals surface area contributed by atoms with Crippen LogP contribution in [-0.4, -0.2) is 5.91 Å². The van der Waals surface area contributed by atoms with Crippen LogP contribution in [0.2, 0.25) is 0 Å². The molecule has 30 heavy (non-hydrogen) atoms. The van der Waals surface area contributed by atoms with Gasteiger partial charge in [-0.1, -0.05) is 96.6 Å². The number of benzene rings is 2. The van der Waals surface area contributed by atoms with Gasteiger partial charge in [-0.15, -0.1) is 0 Å². The number of anilines is 1. The molecule has 2 aliphatic carbocycles. The number of allylic oxidation sites excluding steroid dienone is 9. The molecule has 0 fully saturated rings. The van der Waals surface area contributed by atoms with Gasteiger partial charge in [-0.25, -0.2) is 0 Å². The van der Waals surface area contributed by atoms with E-state index in [2.05, 4.69) is 96.4 Å². The van der Waals surface area contributed by atoms with E-state index in [9.17, 15) is 4.79 Å². The Bertz CT molecular complexity index is 1010. The zero-order valence-corrected chi connectivity index (χ0v) is 17.3. The molecule has 2 aromatic carbocycles. The molecule has 2 heteroatoms. The molecule has 0 atom stereocenters. The molecular formula is C28H27NO. The van der Waals surface area contributed by atoms with E-state index < -0.39 is 0 Å². The summed E-state index contributed by atoms with van der Waals surface area (Å²) in [6.45, 7) is 1.53. The zero-order chi connectivity index (χ0) is 20.8. The van der Waals surface area contributed by atoms with Gasteiger partial charge in [0.1, 0.15) is 0 Å². The summed E-state index contributed by atoms with van der Waals surface area (Å²) in [6, 6.07) is 18.8. The first-order valence-corrected chi connectivity index (χ1v) is 10.6. The van der Waals surface area contributed by atoms with E-state index in [1.165, 1.54) is 29.2 Å². The molecular weight excluding hydrogens is 366 g/mol. The highest BCUT2D eigenvalue weighted by Gasteiger charge is 2.20. The summed E-state index contributed by atoms with van der Waals surface area (Å²) in [6.07, 6.45) is 19.8. The first kappa shape index (κ1) is 19.9. The fourth-order valence-corrected chi connectivity index (χ4v) is 4.18. The van der Waals surface area contributed by atoms with E-state index in [0.29, 0.717) is 11.8 Å². The van der Waals surface area contributed by atoms with Crippen LogP contribution < -0.4 is 5.32 Å². The summed E-state index contributed by atoms with van der Waals surface area (Å²) in [7, 11) is 0. The largest absolute Gasteiger partial charge is 0.326 e. The van der Waals surface area contributed by atoms with Crippen molar-refractivity contribution in [2.75, 3.05) is 5.32 Å². The van der Waals surface area contributed by atoms with Crippen molar-refractivity contribution >= 4 is 17.2 Å². The van der Waals surface area contributed by atoms with Crippen LogP contribution in [0.5, 0.6) is 0 Å². The fraction of sp³-hybridized carbons (Fsp3) is 0.179. The first-order valence-electron chi connectivity index (χ1n) is 10.6. The number of carbonyl (C=O) groups excluding carboxylic acids is 1. The summed E-state index contributed by atoms with van der Waals surface area (Å²) < 4.78 is 0. The van der Waals surface area contributed by atoms with Gasteiger partial charge in [-0.05, 0) is 47.6 Å². The third-order valence-electron chi connectivity index (χ3n) is 5.60. The predicted molar refractivity (Wildman–Crippen MR) is 126 cm³/mol. The van der Waals surface area contributed by atoms with Crippen molar-refractivity contribution in [2.24, 2.45) is 11.8 Å². The number of hydrogen-bond donors (Lipinski definition) is 1. The fourth-order valence-electron chi connectivity index (χ4n) is 4.18. The molecule has 1 N–H and O–H groups in total. The lowest BCUT2D eigenvalue weighted by atomic mass is 9.83. The predicted octanol–water partition coefficient (Wildman–Crippen LogP) is 6.71. The summed E-state index contributed by atoms with van der Waals surface area (Å²) in [5, 5.41) is 2.86. The first-order chi connectivity index (χ1) is 14.7. The second-order valence-corrected chi connectivity index (χ2v) is 7.79. The number of rotatable bonds is 7. The Kier molecular flexibility index (Phi) is 6.24. The van der Waals surface area contributed by atoms with Crippen LogP contribution in [0.25, 0.3) is 5.57 Å². The van der Waals surface area contributed by atoms with Gasteiger partial charge in [-0.3, -0.25) is 4.79 Å². The number of amides is 1. The van der Waals surface area contributed by atoms with Gasteiger partial charge < -0.3 is 5.32 Å². The van der Waals surface area contributed by atoms with E-state index in [-0.39, 0.29) is 5.91 Å². The van der Waals surface area contributed by atoms with Gasteiger partial charge in [-0.2, -0.15) is 0 Å². The smallest absolute Gasteiger partial charge is 0.221 e. The van der Waals surface area contributed by atoms with Gasteiger partial charge in [0.2, 0.25) is 5.91 Å². The Morgan fingerprint density at radius 1 is 0.800 bits per heavy atom. The second-order valence-electron chi connectivity index (χ2n) is 7.79. The van der Waals surface area contributed by atoms with E-state index in [4.69, 9.17) is 0 Å². The number of nitrogens with one attached hydrogen (secondary N) is 1. The Balaban J connectivity index is 1.77. The molecule has 0 aliphatic heterocycles. The van der Waals surface area contributed by atoms with Crippen molar-refractivity contribution in [2.45, 2.75) is 19.8 Å². The van der Waals surface area contributed by atoms with E-state index in [0.717, 1.165) is 18.5 Å². The highest BCUT2D eigenvalue weighted by atomic mass is 16.1. The normalized spacial score (nSPS) is 16.3. The Hall–Kier alpha value is -3.39. The molecule has 0 radical (unpaired) electrons. The van der Waals surface area contributed by atoms with Crippen molar-refractivity contribution in [3.8, 4) is 0 Å². The quantitative estimate of drug-likeness (QED) is 0.556. The highest BCUT2D eigenvalue weighted by molar-refractivity contribution is 5.89. The molecule has 2 aromatic rings. The summed E-state index contributed by atoms with van der Waals surface area (Å²) in [5.74, 6) is 0.763. The molecule has 0 aromatic heterocycles. The molecule has 0 spiro atoms. The molecule has 2 nitrogen and oxygen atoms in total. The van der Waals surface area contributed by atoms with Gasteiger partial charge in [0.15, 0.2) is 0 Å². The summed E-state index contributed by atoms with van der Waals surface area (Å²) >= 11 is 0. The maximum Gasteiger partial charge on any atom is 0.221 e. The van der Waals surface area contributed by atoms with Crippen LogP contribution in [0, 0.1) is 11.8 Å². The van der Waals surface area contributed by atoms with Crippen molar-refractivity contribution in [3.63, 3.8) is 0 Å². The molecule has 0 heterocycles. The molecule has 2 aliphatic rings. The van der Waals surface area contributed by atoms with Gasteiger partial charge in [0.05, 0.1) is 0 Å². The molecule has 0 unspecified atom stereocenters. The molecule has 0 bridgehead atoms. The third kappa shape index (κ3) is 4.77. The topological polar surface area (TPSA) is 29.1 Å². The van der Waals surface area contributed by atoms with Crippen molar-refractivity contribution in [1.82, 2.24) is 0 Å². The molecule has 150 valence electrons.